The summed E-state index contributed by atoms with van der Waals surface area (Å²) in [6.45, 7) is 0. The predicted octanol–water partition coefficient (Wildman–Crippen LogP) is 0.377. The molecular weight excluding hydrogens is 524 g/mol. The molecule has 0 unspecified atom stereocenters. The van der Waals surface area contributed by atoms with E-state index in [2.05, 4.69) is 5.32 Å². The van der Waals surface area contributed by atoms with Gasteiger partial charge in [-0.25, -0.2) is 4.79 Å². The number of carbonyl (C=O) groups is 5. The van der Waals surface area contributed by atoms with Crippen molar-refractivity contribution in [2.24, 2.45) is 17.6 Å². The third kappa shape index (κ3) is 3.94. The lowest BCUT2D eigenvalue weighted by molar-refractivity contribution is -0.147. The summed E-state index contributed by atoms with van der Waals surface area (Å²) < 4.78 is 0. The minimum absolute atomic E-state index is 0.0144. The van der Waals surface area contributed by atoms with Gasteiger partial charge < -0.3 is 36.4 Å². The molecule has 0 aliphatic heterocycles. The zero-order valence-electron chi connectivity index (χ0n) is 20.3. The Morgan fingerprint density at radius 3 is 2.42 bits per heavy atom. The van der Waals surface area contributed by atoms with Crippen LogP contribution in [0.5, 0.6) is 5.75 Å². The third-order valence-corrected chi connectivity index (χ3v) is 7.39. The van der Waals surface area contributed by atoms with Gasteiger partial charge >= 0.3 is 6.03 Å². The number of halogens is 1. The van der Waals surface area contributed by atoms with E-state index < -0.39 is 82.0 Å². The van der Waals surface area contributed by atoms with Gasteiger partial charge in [0, 0.05) is 37.7 Å². The Morgan fingerprint density at radius 1 is 1.18 bits per heavy atom. The summed E-state index contributed by atoms with van der Waals surface area (Å²) in [4.78, 5) is 63.1. The number of amides is 4. The SMILES string of the molecule is CN(C)c1cc(NC(=O)NC(=O)CCl)c(O)c2c1C[C@H]1C[C@H]3CC(=O)C(C(N)=O)=C(O)[C@@]3(O)C(=O)C1=C2O. The maximum Gasteiger partial charge on any atom is 0.326 e. The number of benzene rings is 1. The van der Waals surface area contributed by atoms with Gasteiger partial charge in [0.15, 0.2) is 17.1 Å². The van der Waals surface area contributed by atoms with Crippen molar-refractivity contribution in [2.45, 2.75) is 24.9 Å². The first-order valence-electron chi connectivity index (χ1n) is 11.4. The Hall–Kier alpha value is -4.10. The number of carbonyl (C=O) groups excluding carboxylic acids is 5. The van der Waals surface area contributed by atoms with Crippen LogP contribution >= 0.6 is 11.6 Å². The van der Waals surface area contributed by atoms with Gasteiger partial charge in [-0.3, -0.25) is 24.5 Å². The van der Waals surface area contributed by atoms with E-state index >= 15 is 0 Å². The first-order valence-corrected chi connectivity index (χ1v) is 12.0. The Bertz CT molecular complexity index is 1380. The summed E-state index contributed by atoms with van der Waals surface area (Å²) in [5.74, 6) is -8.85. The maximum atomic E-state index is 13.6. The normalized spacial score (nSPS) is 24.3. The number of nitrogens with two attached hydrogens (primary N) is 1. The lowest BCUT2D eigenvalue weighted by Crippen LogP contribution is -2.58. The number of aliphatic hydroxyl groups is 3. The largest absolute Gasteiger partial charge is 0.508 e. The second kappa shape index (κ2) is 9.33. The van der Waals surface area contributed by atoms with Crippen LogP contribution in [0.15, 0.2) is 23.0 Å². The van der Waals surface area contributed by atoms with E-state index in [1.165, 1.54) is 6.07 Å². The number of aliphatic hydroxyl groups excluding tert-OH is 2. The Kier molecular flexibility index (Phi) is 6.62. The minimum Gasteiger partial charge on any atom is -0.508 e. The van der Waals surface area contributed by atoms with Crippen molar-refractivity contribution in [3.63, 3.8) is 0 Å². The van der Waals surface area contributed by atoms with Gasteiger partial charge in [0.1, 0.15) is 23.0 Å². The molecule has 202 valence electrons. The van der Waals surface area contributed by atoms with Gasteiger partial charge in [0.2, 0.25) is 11.7 Å². The number of urea groups is 1. The molecule has 1 aromatic carbocycles. The molecule has 0 spiro atoms. The minimum atomic E-state index is -2.69. The molecular formula is C24H25ClN4O9. The highest BCUT2D eigenvalue weighted by atomic mass is 35.5. The summed E-state index contributed by atoms with van der Waals surface area (Å²) in [6, 6.07) is 0.402. The fourth-order valence-electron chi connectivity index (χ4n) is 5.48. The van der Waals surface area contributed by atoms with Crippen molar-refractivity contribution in [3.05, 3.63) is 34.1 Å². The Balaban J connectivity index is 1.88. The number of primary amides is 1. The number of nitrogens with zero attached hydrogens (tertiary/aromatic N) is 1. The lowest BCUT2D eigenvalue weighted by Gasteiger charge is -2.46. The molecule has 0 radical (unpaired) electrons. The second-order valence-electron chi connectivity index (χ2n) is 9.58. The molecule has 4 rings (SSSR count). The number of anilines is 2. The quantitative estimate of drug-likeness (QED) is 0.156. The molecule has 3 aliphatic carbocycles. The maximum absolute atomic E-state index is 13.6. The summed E-state index contributed by atoms with van der Waals surface area (Å²) >= 11 is 5.39. The van der Waals surface area contributed by atoms with Gasteiger partial charge in [-0.2, -0.15) is 0 Å². The van der Waals surface area contributed by atoms with Gasteiger partial charge in [-0.15, -0.1) is 11.6 Å². The molecule has 3 aliphatic rings. The molecule has 3 atom stereocenters. The van der Waals surface area contributed by atoms with Crippen LogP contribution in [0.3, 0.4) is 0 Å². The predicted molar refractivity (Wildman–Crippen MR) is 134 cm³/mol. The second-order valence-corrected chi connectivity index (χ2v) is 9.85. The van der Waals surface area contributed by atoms with Crippen LogP contribution in [0.2, 0.25) is 0 Å². The average Bonchev–Trinajstić information content (AvgIpc) is 2.82. The van der Waals surface area contributed by atoms with Crippen molar-refractivity contribution >= 4 is 58.1 Å². The molecule has 1 aromatic rings. The van der Waals surface area contributed by atoms with Gasteiger partial charge in [0.25, 0.3) is 5.91 Å². The van der Waals surface area contributed by atoms with Gasteiger partial charge in [0.05, 0.1) is 11.3 Å². The van der Waals surface area contributed by atoms with E-state index in [9.17, 15) is 44.4 Å². The lowest BCUT2D eigenvalue weighted by atomic mass is 9.59. The zero-order chi connectivity index (χ0) is 28.3. The molecule has 4 amide bonds. The van der Waals surface area contributed by atoms with Crippen LogP contribution in [0, 0.1) is 11.8 Å². The number of hydrogen-bond acceptors (Lipinski definition) is 10. The third-order valence-electron chi connectivity index (χ3n) is 7.14. The standard InChI is InChI=1S/C24H25ClN4O9/c1-29(2)12-6-11(27-23(37)28-14(31)7-25)18(32)16-10(12)4-8-3-9-5-13(30)17(22(26)36)21(35)24(9,38)20(34)15(8)19(16)33/h6,8-9,32-33,35,38H,3-5,7H2,1-2H3,(H2,26,36)(H2,27,28,31,37)/t8-,9+,24+/m1/s1. The summed E-state index contributed by atoms with van der Waals surface area (Å²) in [6.07, 6.45) is -0.348. The number of ketones is 2. The summed E-state index contributed by atoms with van der Waals surface area (Å²) in [5, 5.41) is 48.5. The number of aromatic hydroxyl groups is 1. The number of alkyl halides is 1. The smallest absolute Gasteiger partial charge is 0.326 e. The van der Waals surface area contributed by atoms with E-state index in [0.717, 1.165) is 0 Å². The molecule has 0 saturated heterocycles. The highest BCUT2D eigenvalue weighted by molar-refractivity contribution is 6.28. The molecule has 13 nitrogen and oxygen atoms in total. The summed E-state index contributed by atoms with van der Waals surface area (Å²) in [7, 11) is 3.34. The number of Topliss-reactive ketones (excluding diaryl/α,β-unsaturated/α-hetero) is 2. The van der Waals surface area contributed by atoms with E-state index in [-0.39, 0.29) is 29.7 Å². The van der Waals surface area contributed by atoms with E-state index in [4.69, 9.17) is 17.3 Å². The number of nitrogens with one attached hydrogen (secondary N) is 2. The van der Waals surface area contributed by atoms with Crippen LogP contribution < -0.4 is 21.3 Å². The van der Waals surface area contributed by atoms with Crippen molar-refractivity contribution in [1.29, 1.82) is 0 Å². The Morgan fingerprint density at radius 2 is 1.84 bits per heavy atom. The number of phenols is 1. The van der Waals surface area contributed by atoms with Crippen LogP contribution in [0.25, 0.3) is 5.76 Å². The van der Waals surface area contributed by atoms with Crippen molar-refractivity contribution in [2.75, 3.05) is 30.2 Å². The van der Waals surface area contributed by atoms with Crippen LogP contribution in [-0.2, 0) is 25.6 Å². The molecule has 0 heterocycles. The van der Waals surface area contributed by atoms with Crippen molar-refractivity contribution < 1.29 is 44.4 Å². The van der Waals surface area contributed by atoms with Gasteiger partial charge in [-0.1, -0.05) is 0 Å². The summed E-state index contributed by atoms with van der Waals surface area (Å²) in [5.41, 5.74) is 1.76. The zero-order valence-corrected chi connectivity index (χ0v) is 21.0. The van der Waals surface area contributed by atoms with Crippen LogP contribution in [-0.4, -0.2) is 75.4 Å². The molecule has 38 heavy (non-hydrogen) atoms. The highest BCUT2D eigenvalue weighted by Gasteiger charge is 2.60. The highest BCUT2D eigenvalue weighted by Crippen LogP contribution is 2.54. The van der Waals surface area contributed by atoms with E-state index in [1.54, 1.807) is 19.0 Å². The molecule has 0 bridgehead atoms. The number of fused-ring (bicyclic) bond motifs is 3. The molecule has 8 N–H and O–H groups in total. The monoisotopic (exact) mass is 548 g/mol. The molecule has 1 fully saturated rings. The Labute approximate surface area is 220 Å². The molecule has 14 heteroatoms. The fourth-order valence-corrected chi connectivity index (χ4v) is 5.54. The van der Waals surface area contributed by atoms with E-state index in [1.807, 2.05) is 5.32 Å². The van der Waals surface area contributed by atoms with E-state index in [0.29, 0.717) is 11.3 Å². The number of phenolic OH excluding ortho intramolecular Hbond substituents is 1. The first kappa shape index (κ1) is 26.9. The van der Waals surface area contributed by atoms with Crippen LogP contribution in [0.4, 0.5) is 16.2 Å². The molecule has 1 saturated carbocycles. The topological polar surface area (TPSA) is 220 Å². The van der Waals surface area contributed by atoms with Crippen molar-refractivity contribution in [3.8, 4) is 5.75 Å². The number of hydrogen-bond donors (Lipinski definition) is 7. The van der Waals surface area contributed by atoms with Gasteiger partial charge in [-0.05, 0) is 30.4 Å². The fraction of sp³-hybridized carbons (Fsp3) is 0.375. The number of rotatable bonds is 4. The van der Waals surface area contributed by atoms with Crippen LogP contribution in [0.1, 0.15) is 24.0 Å². The first-order chi connectivity index (χ1) is 17.7. The molecule has 0 aromatic heterocycles. The average molecular weight is 549 g/mol. The number of imide groups is 1. The van der Waals surface area contributed by atoms with Crippen molar-refractivity contribution in [1.82, 2.24) is 5.32 Å².